The fourth-order valence-electron chi connectivity index (χ4n) is 2.08. The van der Waals surface area contributed by atoms with Crippen LogP contribution in [0, 0.1) is 11.3 Å². The van der Waals surface area contributed by atoms with Crippen molar-refractivity contribution < 1.29 is 4.79 Å². The Kier molecular flexibility index (Phi) is 3.70. The van der Waals surface area contributed by atoms with Crippen molar-refractivity contribution in [3.8, 4) is 6.07 Å². The van der Waals surface area contributed by atoms with Gasteiger partial charge < -0.3 is 0 Å². The molecule has 0 aliphatic rings. The van der Waals surface area contributed by atoms with Crippen LogP contribution in [0.2, 0.25) is 0 Å². The molecule has 2 aromatic heterocycles. The van der Waals surface area contributed by atoms with E-state index in [2.05, 4.69) is 21.1 Å². The second-order valence-corrected chi connectivity index (χ2v) is 4.62. The first kappa shape index (κ1) is 13.6. The highest BCUT2D eigenvalue weighted by Gasteiger charge is 2.13. The lowest BCUT2D eigenvalue weighted by Crippen LogP contribution is -2.07. The van der Waals surface area contributed by atoms with Crippen LogP contribution in [0.15, 0.2) is 55.2 Å². The molecule has 0 unspecified atom stereocenters. The SMILES string of the molecule is N#Cc1ccccc1Cn1ccc(C(=O)c2cncnc2)n1. The Morgan fingerprint density at radius 1 is 1.18 bits per heavy atom. The molecule has 3 aromatic rings. The number of hydrogen-bond donors (Lipinski definition) is 0. The van der Waals surface area contributed by atoms with E-state index in [1.54, 1.807) is 23.0 Å². The normalized spacial score (nSPS) is 10.1. The lowest BCUT2D eigenvalue weighted by molar-refractivity contribution is 0.103. The zero-order chi connectivity index (χ0) is 15.4. The van der Waals surface area contributed by atoms with Crippen molar-refractivity contribution >= 4 is 5.78 Å². The predicted molar refractivity (Wildman–Crippen MR) is 78.0 cm³/mol. The Labute approximate surface area is 126 Å². The Morgan fingerprint density at radius 2 is 1.95 bits per heavy atom. The number of hydrogen-bond acceptors (Lipinski definition) is 5. The molecule has 0 fully saturated rings. The highest BCUT2D eigenvalue weighted by molar-refractivity contribution is 6.07. The molecule has 106 valence electrons. The van der Waals surface area contributed by atoms with Gasteiger partial charge in [-0.05, 0) is 17.7 Å². The van der Waals surface area contributed by atoms with E-state index < -0.39 is 0 Å². The van der Waals surface area contributed by atoms with E-state index >= 15 is 0 Å². The van der Waals surface area contributed by atoms with Crippen molar-refractivity contribution in [3.05, 3.63) is 77.6 Å². The minimum Gasteiger partial charge on any atom is -0.287 e. The van der Waals surface area contributed by atoms with Gasteiger partial charge in [0.2, 0.25) is 5.78 Å². The minimum absolute atomic E-state index is 0.229. The maximum absolute atomic E-state index is 12.2. The molecule has 0 saturated heterocycles. The summed E-state index contributed by atoms with van der Waals surface area (Å²) in [5.74, 6) is -0.229. The van der Waals surface area contributed by atoms with Gasteiger partial charge in [-0.2, -0.15) is 10.4 Å². The van der Waals surface area contributed by atoms with Crippen molar-refractivity contribution in [3.63, 3.8) is 0 Å². The second-order valence-electron chi connectivity index (χ2n) is 4.62. The van der Waals surface area contributed by atoms with Gasteiger partial charge in [0.1, 0.15) is 12.0 Å². The maximum Gasteiger partial charge on any atom is 0.216 e. The number of ketones is 1. The van der Waals surface area contributed by atoms with Gasteiger partial charge in [-0.25, -0.2) is 9.97 Å². The molecule has 6 heteroatoms. The molecular formula is C16H11N5O. The monoisotopic (exact) mass is 289 g/mol. The fraction of sp³-hybridized carbons (Fsp3) is 0.0625. The number of rotatable bonds is 4. The third-order valence-electron chi connectivity index (χ3n) is 3.17. The lowest BCUT2D eigenvalue weighted by atomic mass is 10.1. The van der Waals surface area contributed by atoms with Crippen molar-refractivity contribution in [2.24, 2.45) is 0 Å². The lowest BCUT2D eigenvalue weighted by Gasteiger charge is -2.03. The number of aromatic nitrogens is 4. The minimum atomic E-state index is -0.229. The van der Waals surface area contributed by atoms with Crippen LogP contribution in [0.3, 0.4) is 0 Å². The highest BCUT2D eigenvalue weighted by atomic mass is 16.1. The molecule has 3 rings (SSSR count). The van der Waals surface area contributed by atoms with Crippen LogP contribution in [0.25, 0.3) is 0 Å². The molecule has 2 heterocycles. The number of nitriles is 1. The first-order valence-corrected chi connectivity index (χ1v) is 6.59. The van der Waals surface area contributed by atoms with E-state index in [1.807, 2.05) is 18.2 Å². The van der Waals surface area contributed by atoms with Gasteiger partial charge in [-0.1, -0.05) is 18.2 Å². The van der Waals surface area contributed by atoms with Crippen molar-refractivity contribution in [2.45, 2.75) is 6.54 Å². The van der Waals surface area contributed by atoms with Crippen LogP contribution >= 0.6 is 0 Å². The Balaban J connectivity index is 1.83. The zero-order valence-electron chi connectivity index (χ0n) is 11.5. The van der Waals surface area contributed by atoms with Gasteiger partial charge in [0.25, 0.3) is 0 Å². The average molecular weight is 289 g/mol. The van der Waals surface area contributed by atoms with Crippen LogP contribution in [-0.2, 0) is 6.54 Å². The Bertz CT molecular complexity index is 848. The highest BCUT2D eigenvalue weighted by Crippen LogP contribution is 2.11. The van der Waals surface area contributed by atoms with E-state index in [4.69, 9.17) is 5.26 Å². The van der Waals surface area contributed by atoms with Crippen LogP contribution in [-0.4, -0.2) is 25.5 Å². The number of carbonyl (C=O) groups excluding carboxylic acids is 1. The van der Waals surface area contributed by atoms with Crippen LogP contribution in [0.5, 0.6) is 0 Å². The molecular weight excluding hydrogens is 278 g/mol. The van der Waals surface area contributed by atoms with Crippen molar-refractivity contribution in [1.82, 2.24) is 19.7 Å². The summed E-state index contributed by atoms with van der Waals surface area (Å²) in [5.41, 5.74) is 2.17. The van der Waals surface area contributed by atoms with E-state index in [0.29, 0.717) is 23.4 Å². The van der Waals surface area contributed by atoms with Gasteiger partial charge in [-0.15, -0.1) is 0 Å². The van der Waals surface area contributed by atoms with E-state index in [0.717, 1.165) is 5.56 Å². The molecule has 0 bridgehead atoms. The molecule has 0 aliphatic carbocycles. The van der Waals surface area contributed by atoms with Crippen molar-refractivity contribution in [1.29, 1.82) is 5.26 Å². The van der Waals surface area contributed by atoms with Gasteiger partial charge in [0.15, 0.2) is 0 Å². The first-order chi connectivity index (χ1) is 10.8. The van der Waals surface area contributed by atoms with Gasteiger partial charge in [-0.3, -0.25) is 9.48 Å². The molecule has 22 heavy (non-hydrogen) atoms. The third-order valence-corrected chi connectivity index (χ3v) is 3.17. The van der Waals surface area contributed by atoms with E-state index in [1.165, 1.54) is 18.7 Å². The molecule has 0 amide bonds. The van der Waals surface area contributed by atoms with Crippen LogP contribution < -0.4 is 0 Å². The summed E-state index contributed by atoms with van der Waals surface area (Å²) >= 11 is 0. The largest absolute Gasteiger partial charge is 0.287 e. The molecule has 1 aromatic carbocycles. The zero-order valence-corrected chi connectivity index (χ0v) is 11.5. The summed E-state index contributed by atoms with van der Waals surface area (Å²) < 4.78 is 1.63. The van der Waals surface area contributed by atoms with Gasteiger partial charge in [0, 0.05) is 18.6 Å². The van der Waals surface area contributed by atoms with Gasteiger partial charge in [0.05, 0.1) is 23.7 Å². The maximum atomic E-state index is 12.2. The van der Waals surface area contributed by atoms with Crippen LogP contribution in [0.1, 0.15) is 27.2 Å². The molecule has 0 aliphatic heterocycles. The average Bonchev–Trinajstić information content (AvgIpc) is 3.04. The summed E-state index contributed by atoms with van der Waals surface area (Å²) in [6.45, 7) is 0.433. The third kappa shape index (κ3) is 2.74. The summed E-state index contributed by atoms with van der Waals surface area (Å²) in [4.78, 5) is 19.9. The smallest absolute Gasteiger partial charge is 0.216 e. The van der Waals surface area contributed by atoms with Crippen molar-refractivity contribution in [2.75, 3.05) is 0 Å². The van der Waals surface area contributed by atoms with E-state index in [9.17, 15) is 4.79 Å². The summed E-state index contributed by atoms with van der Waals surface area (Å²) in [6.07, 6.45) is 6.00. The fourth-order valence-corrected chi connectivity index (χ4v) is 2.08. The summed E-state index contributed by atoms with van der Waals surface area (Å²) in [6, 6.07) is 11.1. The molecule has 0 radical (unpaired) electrons. The topological polar surface area (TPSA) is 84.5 Å². The molecule has 0 atom stereocenters. The van der Waals surface area contributed by atoms with Crippen LogP contribution in [0.4, 0.5) is 0 Å². The summed E-state index contributed by atoms with van der Waals surface area (Å²) in [7, 11) is 0. The molecule has 0 saturated carbocycles. The molecule has 0 N–H and O–H groups in total. The van der Waals surface area contributed by atoms with Gasteiger partial charge >= 0.3 is 0 Å². The Hall–Kier alpha value is -3.33. The quantitative estimate of drug-likeness (QED) is 0.684. The molecule has 6 nitrogen and oxygen atoms in total. The molecule has 0 spiro atoms. The number of nitrogens with zero attached hydrogens (tertiary/aromatic N) is 5. The predicted octanol–water partition coefficient (Wildman–Crippen LogP) is 1.82. The summed E-state index contributed by atoms with van der Waals surface area (Å²) in [5, 5.41) is 13.4. The second kappa shape index (κ2) is 5.97. The van der Waals surface area contributed by atoms with E-state index in [-0.39, 0.29) is 5.78 Å². The standard InChI is InChI=1S/C16H11N5O/c17-7-12-3-1-2-4-13(12)10-21-6-5-15(20-21)16(22)14-8-18-11-19-9-14/h1-6,8-9,11H,10H2. The Morgan fingerprint density at radius 3 is 2.73 bits per heavy atom. The number of benzene rings is 1. The number of carbonyl (C=O) groups is 1. The first-order valence-electron chi connectivity index (χ1n) is 6.59.